The predicted octanol–water partition coefficient (Wildman–Crippen LogP) is 2.40. The van der Waals surface area contributed by atoms with Crippen molar-refractivity contribution < 1.29 is 23.8 Å². The smallest absolute Gasteiger partial charge is 0.340 e. The van der Waals surface area contributed by atoms with Gasteiger partial charge in [-0.1, -0.05) is 12.1 Å². The highest BCUT2D eigenvalue weighted by Gasteiger charge is 2.36. The predicted molar refractivity (Wildman–Crippen MR) is 93.9 cm³/mol. The third-order valence-electron chi connectivity index (χ3n) is 4.04. The second-order valence-electron chi connectivity index (χ2n) is 5.59. The Bertz CT molecular complexity index is 720. The standard InChI is InChI=1S/C19H23NO5/c1-13-17(19(22)25-4)16(18(21)20(13)9-6-10-23-2)12-14-7-5-8-15(11-14)24-3/h5,7-8,11-12H,6,9-10H2,1-4H3/b16-12-. The van der Waals surface area contributed by atoms with Crippen molar-refractivity contribution in [3.05, 3.63) is 46.7 Å². The number of rotatable bonds is 7. The van der Waals surface area contributed by atoms with Crippen molar-refractivity contribution in [2.24, 2.45) is 0 Å². The van der Waals surface area contributed by atoms with Crippen LogP contribution in [0.5, 0.6) is 5.75 Å². The summed E-state index contributed by atoms with van der Waals surface area (Å²) in [6.07, 6.45) is 2.37. The number of benzene rings is 1. The van der Waals surface area contributed by atoms with Gasteiger partial charge in [0, 0.05) is 26.0 Å². The third-order valence-corrected chi connectivity index (χ3v) is 4.04. The van der Waals surface area contributed by atoms with E-state index in [1.165, 1.54) is 7.11 Å². The molecule has 0 unspecified atom stereocenters. The Hall–Kier alpha value is -2.60. The Morgan fingerprint density at radius 2 is 2.00 bits per heavy atom. The van der Waals surface area contributed by atoms with Crippen LogP contribution in [0.4, 0.5) is 0 Å². The second kappa shape index (κ2) is 8.48. The van der Waals surface area contributed by atoms with Crippen LogP contribution in [0.15, 0.2) is 41.1 Å². The van der Waals surface area contributed by atoms with Crippen LogP contribution >= 0.6 is 0 Å². The SMILES string of the molecule is COCCCN1C(=O)/C(=C\c2cccc(OC)c2)C(C(=O)OC)=C1C. The van der Waals surface area contributed by atoms with Gasteiger partial charge in [-0.25, -0.2) is 4.79 Å². The Kier molecular flexibility index (Phi) is 6.36. The van der Waals surface area contributed by atoms with E-state index in [-0.39, 0.29) is 5.91 Å². The highest BCUT2D eigenvalue weighted by atomic mass is 16.5. The largest absolute Gasteiger partial charge is 0.497 e. The number of nitrogens with zero attached hydrogens (tertiary/aromatic N) is 1. The van der Waals surface area contributed by atoms with Gasteiger partial charge in [-0.3, -0.25) is 4.79 Å². The molecule has 1 aliphatic heterocycles. The Balaban J connectivity index is 2.41. The van der Waals surface area contributed by atoms with Gasteiger partial charge < -0.3 is 19.1 Å². The van der Waals surface area contributed by atoms with Gasteiger partial charge in [0.15, 0.2) is 0 Å². The molecule has 0 atom stereocenters. The Labute approximate surface area is 147 Å². The molecular weight excluding hydrogens is 322 g/mol. The minimum absolute atomic E-state index is 0.211. The first-order valence-corrected chi connectivity index (χ1v) is 7.99. The lowest BCUT2D eigenvalue weighted by Gasteiger charge is -2.17. The van der Waals surface area contributed by atoms with Crippen LogP contribution in [0.3, 0.4) is 0 Å². The average molecular weight is 345 g/mol. The summed E-state index contributed by atoms with van der Waals surface area (Å²) in [5.74, 6) is -0.0527. The second-order valence-corrected chi connectivity index (χ2v) is 5.59. The van der Waals surface area contributed by atoms with E-state index in [1.807, 2.05) is 18.2 Å². The summed E-state index contributed by atoms with van der Waals surface area (Å²) in [4.78, 5) is 26.7. The number of ether oxygens (including phenoxy) is 3. The lowest BCUT2D eigenvalue weighted by atomic mass is 10.0. The maximum Gasteiger partial charge on any atom is 0.340 e. The van der Waals surface area contributed by atoms with Gasteiger partial charge in [-0.2, -0.15) is 0 Å². The summed E-state index contributed by atoms with van der Waals surface area (Å²) in [6.45, 7) is 2.78. The van der Waals surface area contributed by atoms with E-state index >= 15 is 0 Å². The summed E-state index contributed by atoms with van der Waals surface area (Å²) in [5, 5.41) is 0. The van der Waals surface area contributed by atoms with E-state index in [1.54, 1.807) is 38.2 Å². The molecule has 1 heterocycles. The van der Waals surface area contributed by atoms with Gasteiger partial charge in [0.05, 0.1) is 25.4 Å². The molecule has 6 nitrogen and oxygen atoms in total. The number of carbonyl (C=O) groups is 2. The molecule has 2 rings (SSSR count). The molecular formula is C19H23NO5. The van der Waals surface area contributed by atoms with Crippen molar-refractivity contribution >= 4 is 18.0 Å². The molecule has 0 aliphatic carbocycles. The van der Waals surface area contributed by atoms with E-state index in [0.717, 1.165) is 5.56 Å². The third kappa shape index (κ3) is 4.09. The summed E-state index contributed by atoms with van der Waals surface area (Å²) < 4.78 is 15.1. The van der Waals surface area contributed by atoms with Crippen LogP contribution in [-0.4, -0.2) is 51.3 Å². The molecule has 0 fully saturated rings. The first-order chi connectivity index (χ1) is 12.0. The fourth-order valence-corrected chi connectivity index (χ4v) is 2.76. The van der Waals surface area contributed by atoms with Crippen molar-refractivity contribution in [3.63, 3.8) is 0 Å². The van der Waals surface area contributed by atoms with Crippen LogP contribution in [0.25, 0.3) is 6.08 Å². The molecule has 1 amide bonds. The van der Waals surface area contributed by atoms with Crippen molar-refractivity contribution in [1.29, 1.82) is 0 Å². The van der Waals surface area contributed by atoms with Crippen LogP contribution in [0.1, 0.15) is 18.9 Å². The van der Waals surface area contributed by atoms with Crippen LogP contribution < -0.4 is 4.74 Å². The van der Waals surface area contributed by atoms with Gasteiger partial charge >= 0.3 is 5.97 Å². The molecule has 25 heavy (non-hydrogen) atoms. The summed E-state index contributed by atoms with van der Waals surface area (Å²) in [7, 11) is 4.50. The molecule has 0 saturated carbocycles. The molecule has 0 spiro atoms. The molecule has 134 valence electrons. The highest BCUT2D eigenvalue weighted by molar-refractivity contribution is 6.16. The summed E-state index contributed by atoms with van der Waals surface area (Å²) in [5.41, 5.74) is 2.00. The Morgan fingerprint density at radius 3 is 2.64 bits per heavy atom. The maximum atomic E-state index is 12.8. The fraction of sp³-hybridized carbons (Fsp3) is 0.368. The molecule has 0 radical (unpaired) electrons. The minimum Gasteiger partial charge on any atom is -0.497 e. The van der Waals surface area contributed by atoms with Crippen molar-refractivity contribution in [2.45, 2.75) is 13.3 Å². The van der Waals surface area contributed by atoms with Crippen LogP contribution in [0, 0.1) is 0 Å². The zero-order chi connectivity index (χ0) is 18.4. The van der Waals surface area contributed by atoms with Gasteiger partial charge in [0.1, 0.15) is 5.75 Å². The molecule has 0 bridgehead atoms. The number of hydrogen-bond donors (Lipinski definition) is 0. The average Bonchev–Trinajstić information content (AvgIpc) is 2.85. The number of amides is 1. The number of hydrogen-bond acceptors (Lipinski definition) is 5. The lowest BCUT2D eigenvalue weighted by molar-refractivity contribution is -0.136. The van der Waals surface area contributed by atoms with E-state index in [4.69, 9.17) is 14.2 Å². The number of methoxy groups -OCH3 is 3. The molecule has 1 aliphatic rings. The van der Waals surface area contributed by atoms with Crippen molar-refractivity contribution in [1.82, 2.24) is 4.90 Å². The van der Waals surface area contributed by atoms with E-state index in [9.17, 15) is 9.59 Å². The molecule has 0 aromatic heterocycles. The van der Waals surface area contributed by atoms with Gasteiger partial charge in [0.2, 0.25) is 0 Å². The lowest BCUT2D eigenvalue weighted by Crippen LogP contribution is -2.26. The molecule has 6 heteroatoms. The summed E-state index contributed by atoms with van der Waals surface area (Å²) >= 11 is 0. The van der Waals surface area contributed by atoms with Crippen molar-refractivity contribution in [3.8, 4) is 5.75 Å². The number of allylic oxidation sites excluding steroid dienone is 1. The molecule has 1 aromatic rings. The number of esters is 1. The van der Waals surface area contributed by atoms with E-state index in [2.05, 4.69) is 0 Å². The molecule has 1 aromatic carbocycles. The first kappa shape index (κ1) is 18.7. The van der Waals surface area contributed by atoms with Gasteiger partial charge in [0.25, 0.3) is 5.91 Å². The quantitative estimate of drug-likeness (QED) is 0.431. The van der Waals surface area contributed by atoms with Gasteiger partial charge in [-0.05, 0) is 37.1 Å². The first-order valence-electron chi connectivity index (χ1n) is 7.99. The topological polar surface area (TPSA) is 65.1 Å². The number of carbonyl (C=O) groups excluding carboxylic acids is 2. The van der Waals surface area contributed by atoms with Crippen molar-refractivity contribution in [2.75, 3.05) is 34.5 Å². The zero-order valence-corrected chi connectivity index (χ0v) is 15.0. The van der Waals surface area contributed by atoms with E-state index < -0.39 is 5.97 Å². The highest BCUT2D eigenvalue weighted by Crippen LogP contribution is 2.32. The van der Waals surface area contributed by atoms with E-state index in [0.29, 0.717) is 42.2 Å². The van der Waals surface area contributed by atoms with Crippen LogP contribution in [0.2, 0.25) is 0 Å². The monoisotopic (exact) mass is 345 g/mol. The zero-order valence-electron chi connectivity index (χ0n) is 15.0. The van der Waals surface area contributed by atoms with Gasteiger partial charge in [-0.15, -0.1) is 0 Å². The normalized spacial score (nSPS) is 15.9. The Morgan fingerprint density at radius 1 is 1.24 bits per heavy atom. The maximum absolute atomic E-state index is 12.8. The molecule has 0 saturated heterocycles. The van der Waals surface area contributed by atoms with Crippen LogP contribution in [-0.2, 0) is 19.1 Å². The summed E-state index contributed by atoms with van der Waals surface area (Å²) in [6, 6.07) is 7.30. The minimum atomic E-state index is -0.519. The fourth-order valence-electron chi connectivity index (χ4n) is 2.76. The molecule has 0 N–H and O–H groups in total.